The third-order valence-electron chi connectivity index (χ3n) is 4.47. The van der Waals surface area contributed by atoms with Crippen LogP contribution in [0.1, 0.15) is 24.0 Å². The minimum atomic E-state index is -1.08. The van der Waals surface area contributed by atoms with Gasteiger partial charge in [-0.3, -0.25) is 9.69 Å². The van der Waals surface area contributed by atoms with E-state index in [-0.39, 0.29) is 11.1 Å². The molecule has 0 aliphatic carbocycles. The molecule has 0 spiro atoms. The third-order valence-corrected chi connectivity index (χ3v) is 4.47. The van der Waals surface area contributed by atoms with Crippen LogP contribution in [0.3, 0.4) is 0 Å². The zero-order valence-corrected chi connectivity index (χ0v) is 13.0. The van der Waals surface area contributed by atoms with Crippen LogP contribution >= 0.6 is 0 Å². The lowest BCUT2D eigenvalue weighted by Crippen LogP contribution is -2.13. The molecular formula is C18H15FN2O3. The lowest BCUT2D eigenvalue weighted by molar-refractivity contribution is -0.138. The van der Waals surface area contributed by atoms with Crippen LogP contribution in [0.5, 0.6) is 0 Å². The maximum atomic E-state index is 14.7. The summed E-state index contributed by atoms with van der Waals surface area (Å²) in [6, 6.07) is 11.3. The fraction of sp³-hybridized carbons (Fsp3) is 0.222. The van der Waals surface area contributed by atoms with E-state index in [4.69, 9.17) is 9.52 Å². The van der Waals surface area contributed by atoms with E-state index >= 15 is 0 Å². The first-order valence-electron chi connectivity index (χ1n) is 7.73. The van der Waals surface area contributed by atoms with Crippen LogP contribution in [-0.4, -0.2) is 22.6 Å². The van der Waals surface area contributed by atoms with Crippen molar-refractivity contribution in [1.82, 2.24) is 4.98 Å². The van der Waals surface area contributed by atoms with Gasteiger partial charge >= 0.3 is 12.0 Å². The molecule has 0 saturated carbocycles. The van der Waals surface area contributed by atoms with Gasteiger partial charge in [-0.2, -0.15) is 4.98 Å². The van der Waals surface area contributed by atoms with Crippen molar-refractivity contribution in [3.63, 3.8) is 0 Å². The number of carbonyl (C=O) groups is 1. The number of benzene rings is 2. The van der Waals surface area contributed by atoms with Crippen molar-refractivity contribution in [3.05, 3.63) is 53.3 Å². The second kappa shape index (κ2) is 5.33. The average Bonchev–Trinajstić information content (AvgIpc) is 3.18. The number of carboxylic acids is 1. The van der Waals surface area contributed by atoms with Crippen LogP contribution in [0.2, 0.25) is 0 Å². The fourth-order valence-electron chi connectivity index (χ4n) is 3.08. The third kappa shape index (κ3) is 2.14. The highest BCUT2D eigenvalue weighted by Gasteiger charge is 2.26. The van der Waals surface area contributed by atoms with Crippen molar-refractivity contribution >= 4 is 28.8 Å². The van der Waals surface area contributed by atoms with Crippen LogP contribution in [0.25, 0.3) is 11.1 Å². The van der Waals surface area contributed by atoms with E-state index < -0.39 is 17.7 Å². The Kier molecular flexibility index (Phi) is 3.26. The highest BCUT2D eigenvalue weighted by Crippen LogP contribution is 2.36. The highest BCUT2D eigenvalue weighted by molar-refractivity contribution is 5.82. The predicted molar refractivity (Wildman–Crippen MR) is 87.2 cm³/mol. The smallest absolute Gasteiger partial charge is 0.310 e. The molecule has 0 amide bonds. The Morgan fingerprint density at radius 2 is 2.12 bits per heavy atom. The molecule has 1 aliphatic heterocycles. The standard InChI is InChI=1S/C18H15FN2O3/c1-10(17(22)23)12-6-7-13-16(15(12)19)24-18(20-13)21-9-8-11-4-2-3-5-14(11)21/h2-7,10H,8-9H2,1H3,(H,22,23). The average molecular weight is 326 g/mol. The molecule has 5 nitrogen and oxygen atoms in total. The number of aliphatic carboxylic acids is 1. The largest absolute Gasteiger partial charge is 0.481 e. The topological polar surface area (TPSA) is 66.6 Å². The van der Waals surface area contributed by atoms with Gasteiger partial charge in [0.05, 0.1) is 5.92 Å². The molecule has 24 heavy (non-hydrogen) atoms. The number of para-hydroxylation sites is 1. The van der Waals surface area contributed by atoms with Crippen molar-refractivity contribution in [2.75, 3.05) is 11.4 Å². The van der Waals surface area contributed by atoms with E-state index in [9.17, 15) is 9.18 Å². The number of hydrogen-bond donors (Lipinski definition) is 1. The van der Waals surface area contributed by atoms with Gasteiger partial charge in [0.1, 0.15) is 5.52 Å². The second-order valence-corrected chi connectivity index (χ2v) is 5.90. The number of halogens is 1. The monoisotopic (exact) mass is 326 g/mol. The minimum Gasteiger partial charge on any atom is -0.481 e. The van der Waals surface area contributed by atoms with Crippen molar-refractivity contribution in [2.45, 2.75) is 19.3 Å². The van der Waals surface area contributed by atoms with Gasteiger partial charge in [0.2, 0.25) is 0 Å². The molecule has 122 valence electrons. The molecule has 0 saturated heterocycles. The summed E-state index contributed by atoms with van der Waals surface area (Å²) in [5, 5.41) is 9.10. The molecule has 1 aliphatic rings. The van der Waals surface area contributed by atoms with Gasteiger partial charge in [0, 0.05) is 17.8 Å². The second-order valence-electron chi connectivity index (χ2n) is 5.90. The number of carboxylic acid groups (broad SMARTS) is 1. The van der Waals surface area contributed by atoms with Gasteiger partial charge < -0.3 is 9.52 Å². The zero-order chi connectivity index (χ0) is 16.8. The molecule has 6 heteroatoms. The maximum Gasteiger partial charge on any atom is 0.310 e. The van der Waals surface area contributed by atoms with Gasteiger partial charge in [-0.25, -0.2) is 4.39 Å². The number of rotatable bonds is 3. The normalized spacial score (nSPS) is 14.8. The number of anilines is 2. The van der Waals surface area contributed by atoms with Crippen molar-refractivity contribution in [3.8, 4) is 0 Å². The van der Waals surface area contributed by atoms with E-state index in [1.54, 1.807) is 6.07 Å². The van der Waals surface area contributed by atoms with Crippen molar-refractivity contribution < 1.29 is 18.7 Å². The lowest BCUT2D eigenvalue weighted by Gasteiger charge is -2.13. The summed E-state index contributed by atoms with van der Waals surface area (Å²) in [5.74, 6) is -2.69. The molecule has 1 unspecified atom stereocenters. The summed E-state index contributed by atoms with van der Waals surface area (Å²) in [4.78, 5) is 17.4. The molecule has 1 atom stereocenters. The molecule has 0 bridgehead atoms. The summed E-state index contributed by atoms with van der Waals surface area (Å²) in [6.07, 6.45) is 0.874. The summed E-state index contributed by atoms with van der Waals surface area (Å²) < 4.78 is 20.3. The highest BCUT2D eigenvalue weighted by atomic mass is 19.1. The predicted octanol–water partition coefficient (Wildman–Crippen LogP) is 3.85. The molecule has 0 radical (unpaired) electrons. The van der Waals surface area contributed by atoms with Crippen LogP contribution in [0.15, 0.2) is 40.8 Å². The van der Waals surface area contributed by atoms with Crippen LogP contribution in [0.4, 0.5) is 16.1 Å². The zero-order valence-electron chi connectivity index (χ0n) is 13.0. The lowest BCUT2D eigenvalue weighted by atomic mass is 10.0. The summed E-state index contributed by atoms with van der Waals surface area (Å²) in [5.41, 5.74) is 2.68. The van der Waals surface area contributed by atoms with E-state index in [1.165, 1.54) is 18.6 Å². The van der Waals surface area contributed by atoms with E-state index in [0.29, 0.717) is 18.1 Å². The molecule has 1 N–H and O–H groups in total. The molecule has 2 heterocycles. The Morgan fingerprint density at radius 1 is 1.33 bits per heavy atom. The van der Waals surface area contributed by atoms with Crippen LogP contribution < -0.4 is 4.90 Å². The molecular weight excluding hydrogens is 311 g/mol. The summed E-state index contributed by atoms with van der Waals surface area (Å²) in [7, 11) is 0. The number of nitrogens with zero attached hydrogens (tertiary/aromatic N) is 2. The van der Waals surface area contributed by atoms with Gasteiger partial charge in [-0.1, -0.05) is 24.3 Å². The molecule has 1 aromatic heterocycles. The first-order chi connectivity index (χ1) is 11.6. The SMILES string of the molecule is CC(C(=O)O)c1ccc2nc(N3CCc4ccccc43)oc2c1F. The maximum absolute atomic E-state index is 14.7. The number of oxazole rings is 1. The molecule has 2 aromatic carbocycles. The van der Waals surface area contributed by atoms with Gasteiger partial charge in [-0.05, 0) is 31.0 Å². The Bertz CT molecular complexity index is 951. The summed E-state index contributed by atoms with van der Waals surface area (Å²) >= 11 is 0. The van der Waals surface area contributed by atoms with E-state index in [0.717, 1.165) is 12.1 Å². The van der Waals surface area contributed by atoms with Gasteiger partial charge in [0.15, 0.2) is 11.4 Å². The number of aromatic nitrogens is 1. The van der Waals surface area contributed by atoms with Gasteiger partial charge in [0.25, 0.3) is 0 Å². The molecule has 4 rings (SSSR count). The fourth-order valence-corrected chi connectivity index (χ4v) is 3.08. The number of hydrogen-bond acceptors (Lipinski definition) is 4. The number of fused-ring (bicyclic) bond motifs is 2. The van der Waals surface area contributed by atoms with Crippen LogP contribution in [0, 0.1) is 5.82 Å². The first-order valence-corrected chi connectivity index (χ1v) is 7.73. The Hall–Kier alpha value is -2.89. The van der Waals surface area contributed by atoms with Crippen molar-refractivity contribution in [2.24, 2.45) is 0 Å². The van der Waals surface area contributed by atoms with E-state index in [2.05, 4.69) is 4.98 Å². The molecule has 0 fully saturated rings. The molecule has 3 aromatic rings. The Balaban J connectivity index is 1.80. The Labute approximate surface area is 137 Å². The summed E-state index contributed by atoms with van der Waals surface area (Å²) in [6.45, 7) is 2.16. The van der Waals surface area contributed by atoms with E-state index in [1.807, 2.05) is 29.2 Å². The van der Waals surface area contributed by atoms with Gasteiger partial charge in [-0.15, -0.1) is 0 Å². The Morgan fingerprint density at radius 3 is 2.92 bits per heavy atom. The minimum absolute atomic E-state index is 0.0000175. The first kappa shape index (κ1) is 14.7. The van der Waals surface area contributed by atoms with Crippen molar-refractivity contribution in [1.29, 1.82) is 0 Å². The van der Waals surface area contributed by atoms with Crippen LogP contribution in [-0.2, 0) is 11.2 Å². The quantitative estimate of drug-likeness (QED) is 0.792.